The fraction of sp³-hybridized carbons (Fsp3) is 0.542. The molecule has 4 rings (SSSR count). The van der Waals surface area contributed by atoms with Gasteiger partial charge in [-0.05, 0) is 68.5 Å². The summed E-state index contributed by atoms with van der Waals surface area (Å²) in [6.45, 7) is 1.77. The number of hydrogen-bond acceptors (Lipinski definition) is 6. The quantitative estimate of drug-likeness (QED) is 0.684. The zero-order valence-corrected chi connectivity index (χ0v) is 20.3. The normalized spacial score (nSPS) is 24.1. The Bertz CT molecular complexity index is 1080. The van der Waals surface area contributed by atoms with E-state index in [1.54, 1.807) is 19.2 Å². The van der Waals surface area contributed by atoms with Crippen molar-refractivity contribution in [1.82, 2.24) is 9.88 Å². The number of benzene rings is 1. The smallest absolute Gasteiger partial charge is 0.262 e. The van der Waals surface area contributed by atoms with Gasteiger partial charge in [0.2, 0.25) is 5.88 Å². The highest BCUT2D eigenvalue weighted by molar-refractivity contribution is 7.92. The lowest BCUT2D eigenvalue weighted by Crippen LogP contribution is -2.30. The largest absolute Gasteiger partial charge is 0.479 e. The van der Waals surface area contributed by atoms with E-state index in [1.165, 1.54) is 19.2 Å². The minimum absolute atomic E-state index is 0.0668. The van der Waals surface area contributed by atoms with E-state index in [0.717, 1.165) is 37.2 Å². The van der Waals surface area contributed by atoms with Crippen molar-refractivity contribution in [2.75, 3.05) is 39.1 Å². The number of likely N-dealkylation sites (N-methyl/N-ethyl adjacent to an activating group) is 1. The third kappa shape index (κ3) is 5.15. The summed E-state index contributed by atoms with van der Waals surface area (Å²) >= 11 is 0. The maximum Gasteiger partial charge on any atom is 0.262 e. The third-order valence-electron chi connectivity index (χ3n) is 6.83. The lowest BCUT2D eigenvalue weighted by molar-refractivity contribution is 0.00579. The fourth-order valence-corrected chi connectivity index (χ4v) is 5.71. The number of hydrogen-bond donors (Lipinski definition) is 1. The molecule has 7 nitrogen and oxygen atoms in total. The summed E-state index contributed by atoms with van der Waals surface area (Å²) in [6, 6.07) is 7.88. The molecule has 0 saturated heterocycles. The molecule has 0 unspecified atom stereocenters. The molecule has 1 aromatic heterocycles. The molecule has 0 amide bonds. The van der Waals surface area contributed by atoms with E-state index in [4.69, 9.17) is 9.47 Å². The van der Waals surface area contributed by atoms with Crippen LogP contribution in [0.3, 0.4) is 0 Å². The first-order chi connectivity index (χ1) is 15.7. The second-order valence-electron chi connectivity index (χ2n) is 8.98. The van der Waals surface area contributed by atoms with Gasteiger partial charge in [0, 0.05) is 32.3 Å². The van der Waals surface area contributed by atoms with Gasteiger partial charge in [0.05, 0.1) is 18.1 Å². The molecule has 2 aliphatic rings. The standard InChI is InChI=1S/C24H32FN3O4S/c1-28-14-10-17-16-22(23(32-3)26-21(17)11-15-28)27-33(29,30)20-6-4-18(5-7-20)24(25)12-8-19(31-2)9-13-24/h4-7,16,19,27H,8-15H2,1-3H3/t19-,24-. The molecule has 0 radical (unpaired) electrons. The molecular weight excluding hydrogens is 445 g/mol. The van der Waals surface area contributed by atoms with Crippen LogP contribution >= 0.6 is 0 Å². The minimum atomic E-state index is -3.90. The number of methoxy groups -OCH3 is 2. The van der Waals surface area contributed by atoms with Gasteiger partial charge in [0.1, 0.15) is 11.4 Å². The zero-order chi connectivity index (χ0) is 23.6. The van der Waals surface area contributed by atoms with Crippen molar-refractivity contribution in [2.24, 2.45) is 0 Å². The van der Waals surface area contributed by atoms with E-state index in [0.29, 0.717) is 36.9 Å². The Hall–Kier alpha value is -2.23. The topological polar surface area (TPSA) is 80.8 Å². The summed E-state index contributed by atoms with van der Waals surface area (Å²) in [5.74, 6) is 0.246. The van der Waals surface area contributed by atoms with Crippen LogP contribution in [0.5, 0.6) is 5.88 Å². The molecule has 1 aliphatic heterocycles. The first kappa shape index (κ1) is 23.9. The number of nitrogens with zero attached hydrogens (tertiary/aromatic N) is 2. The van der Waals surface area contributed by atoms with Crippen molar-refractivity contribution in [3.63, 3.8) is 0 Å². The van der Waals surface area contributed by atoms with Crippen LogP contribution in [0.1, 0.15) is 42.5 Å². The Morgan fingerprint density at radius 2 is 1.79 bits per heavy atom. The van der Waals surface area contributed by atoms with Gasteiger partial charge in [-0.2, -0.15) is 0 Å². The Labute approximate surface area is 195 Å². The van der Waals surface area contributed by atoms with E-state index in [-0.39, 0.29) is 16.9 Å². The number of halogens is 1. The zero-order valence-electron chi connectivity index (χ0n) is 19.4. The van der Waals surface area contributed by atoms with Crippen molar-refractivity contribution >= 4 is 15.7 Å². The predicted octanol–water partition coefficient (Wildman–Crippen LogP) is 3.68. The number of ether oxygens (including phenoxy) is 2. The van der Waals surface area contributed by atoms with Crippen molar-refractivity contribution in [3.05, 3.63) is 47.2 Å². The summed E-state index contributed by atoms with van der Waals surface area (Å²) < 4.78 is 55.0. The molecule has 1 aromatic carbocycles. The average molecular weight is 478 g/mol. The van der Waals surface area contributed by atoms with Gasteiger partial charge in [-0.1, -0.05) is 12.1 Å². The van der Waals surface area contributed by atoms with E-state index >= 15 is 4.39 Å². The number of rotatable bonds is 6. The molecule has 9 heteroatoms. The van der Waals surface area contributed by atoms with Gasteiger partial charge < -0.3 is 14.4 Å². The van der Waals surface area contributed by atoms with Crippen LogP contribution in [0.4, 0.5) is 10.1 Å². The van der Waals surface area contributed by atoms with E-state index in [2.05, 4.69) is 21.7 Å². The highest BCUT2D eigenvalue weighted by atomic mass is 32.2. The fourth-order valence-electron chi connectivity index (χ4n) is 4.67. The van der Waals surface area contributed by atoms with Gasteiger partial charge >= 0.3 is 0 Å². The molecular formula is C24H32FN3O4S. The number of nitrogens with one attached hydrogen (secondary N) is 1. The SMILES string of the molecule is COc1nc2c(cc1NS(=O)(=O)c1ccc([C@]3(F)CC[C@H](OC)CC3)cc1)CCN(C)CC2. The van der Waals surface area contributed by atoms with E-state index in [9.17, 15) is 8.42 Å². The van der Waals surface area contributed by atoms with Crippen LogP contribution in [-0.4, -0.2) is 58.8 Å². The molecule has 0 bridgehead atoms. The molecule has 2 aromatic rings. The Balaban J connectivity index is 1.55. The highest BCUT2D eigenvalue weighted by Crippen LogP contribution is 2.41. The summed E-state index contributed by atoms with van der Waals surface area (Å²) in [4.78, 5) is 6.85. The summed E-state index contributed by atoms with van der Waals surface area (Å²) in [6.07, 6.45) is 3.68. The van der Waals surface area contributed by atoms with Crippen LogP contribution < -0.4 is 9.46 Å². The predicted molar refractivity (Wildman–Crippen MR) is 125 cm³/mol. The van der Waals surface area contributed by atoms with Gasteiger partial charge in [-0.3, -0.25) is 4.72 Å². The number of aromatic nitrogens is 1. The van der Waals surface area contributed by atoms with Crippen LogP contribution in [-0.2, 0) is 33.3 Å². The van der Waals surface area contributed by atoms with Crippen LogP contribution in [0.2, 0.25) is 0 Å². The van der Waals surface area contributed by atoms with Gasteiger partial charge in [0.15, 0.2) is 0 Å². The van der Waals surface area contributed by atoms with Crippen molar-refractivity contribution in [3.8, 4) is 5.88 Å². The lowest BCUT2D eigenvalue weighted by Gasteiger charge is -2.33. The maximum atomic E-state index is 15.5. The van der Waals surface area contributed by atoms with Crippen molar-refractivity contribution in [2.45, 2.75) is 55.2 Å². The molecule has 1 fully saturated rings. The number of sulfonamides is 1. The third-order valence-corrected chi connectivity index (χ3v) is 8.21. The first-order valence-electron chi connectivity index (χ1n) is 11.3. The Morgan fingerprint density at radius 3 is 2.42 bits per heavy atom. The lowest BCUT2D eigenvalue weighted by atomic mass is 9.80. The second-order valence-corrected chi connectivity index (χ2v) is 10.7. The molecule has 33 heavy (non-hydrogen) atoms. The Morgan fingerprint density at radius 1 is 1.12 bits per heavy atom. The summed E-state index contributed by atoms with van der Waals surface area (Å²) in [5, 5.41) is 0. The van der Waals surface area contributed by atoms with Crippen LogP contribution in [0.15, 0.2) is 35.2 Å². The van der Waals surface area contributed by atoms with E-state index < -0.39 is 15.7 Å². The molecule has 180 valence electrons. The Kier molecular flexibility index (Phi) is 6.93. The molecule has 0 atom stereocenters. The molecule has 2 heterocycles. The number of pyridine rings is 1. The van der Waals surface area contributed by atoms with Gasteiger partial charge in [-0.15, -0.1) is 0 Å². The van der Waals surface area contributed by atoms with Crippen LogP contribution in [0, 0.1) is 0 Å². The first-order valence-corrected chi connectivity index (χ1v) is 12.8. The van der Waals surface area contributed by atoms with Gasteiger partial charge in [0.25, 0.3) is 10.0 Å². The molecule has 1 N–H and O–H groups in total. The maximum absolute atomic E-state index is 15.5. The molecule has 1 saturated carbocycles. The summed E-state index contributed by atoms with van der Waals surface area (Å²) in [5.41, 5.74) is 1.30. The average Bonchev–Trinajstić information content (AvgIpc) is 3.00. The van der Waals surface area contributed by atoms with Crippen molar-refractivity contribution in [1.29, 1.82) is 0 Å². The molecule has 0 spiro atoms. The van der Waals surface area contributed by atoms with Gasteiger partial charge in [-0.25, -0.2) is 17.8 Å². The number of fused-ring (bicyclic) bond motifs is 1. The number of anilines is 1. The van der Waals surface area contributed by atoms with Crippen LogP contribution in [0.25, 0.3) is 0 Å². The highest BCUT2D eigenvalue weighted by Gasteiger charge is 2.37. The summed E-state index contributed by atoms with van der Waals surface area (Å²) in [7, 11) is 1.29. The number of alkyl halides is 1. The van der Waals surface area contributed by atoms with Crippen molar-refractivity contribution < 1.29 is 22.3 Å². The second kappa shape index (κ2) is 9.56. The molecule has 1 aliphatic carbocycles. The van der Waals surface area contributed by atoms with E-state index in [1.807, 2.05) is 6.07 Å². The monoisotopic (exact) mass is 477 g/mol. The minimum Gasteiger partial charge on any atom is -0.479 e.